The van der Waals surface area contributed by atoms with Gasteiger partial charge in [-0.25, -0.2) is 4.39 Å². The van der Waals surface area contributed by atoms with E-state index < -0.39 is 11.9 Å². The lowest BCUT2D eigenvalue weighted by atomic mass is 10.2. The fourth-order valence-electron chi connectivity index (χ4n) is 2.07. The molecule has 0 unspecified atom stereocenters. The summed E-state index contributed by atoms with van der Waals surface area (Å²) >= 11 is 0. The van der Waals surface area contributed by atoms with Crippen LogP contribution in [0.3, 0.4) is 0 Å². The Labute approximate surface area is 128 Å². The van der Waals surface area contributed by atoms with Crippen LogP contribution in [-0.2, 0) is 11.8 Å². The van der Waals surface area contributed by atoms with Crippen molar-refractivity contribution in [3.63, 3.8) is 0 Å². The molecule has 2 N–H and O–H groups in total. The Hall–Kier alpha value is -2.34. The molecule has 0 aliphatic heterocycles. The molecule has 0 radical (unpaired) electrons. The van der Waals surface area contributed by atoms with E-state index in [1.54, 1.807) is 12.1 Å². The molecule has 0 aliphatic carbocycles. The molecule has 2 aromatic rings. The van der Waals surface area contributed by atoms with Crippen LogP contribution in [-0.4, -0.2) is 28.7 Å². The van der Waals surface area contributed by atoms with E-state index in [2.05, 4.69) is 5.32 Å². The van der Waals surface area contributed by atoms with Crippen LogP contribution in [0.4, 0.5) is 4.39 Å². The van der Waals surface area contributed by atoms with Crippen molar-refractivity contribution in [1.82, 2.24) is 9.88 Å². The van der Waals surface area contributed by atoms with Crippen LogP contribution in [0.2, 0.25) is 0 Å². The second kappa shape index (κ2) is 7.61. The number of halogens is 1. The molecular formula is C16H19FN2O3. The number of hydrogen-bond acceptors (Lipinski definition) is 3. The van der Waals surface area contributed by atoms with Gasteiger partial charge in [0, 0.05) is 25.5 Å². The zero-order chi connectivity index (χ0) is 15.9. The minimum atomic E-state index is -0.646. The fourth-order valence-corrected chi connectivity index (χ4v) is 2.07. The Morgan fingerprint density at radius 3 is 2.82 bits per heavy atom. The van der Waals surface area contributed by atoms with Crippen LogP contribution in [0.1, 0.15) is 18.2 Å². The van der Waals surface area contributed by atoms with Crippen LogP contribution in [0, 0.1) is 5.82 Å². The van der Waals surface area contributed by atoms with E-state index in [9.17, 15) is 14.3 Å². The number of aliphatic hydroxyl groups is 1. The highest BCUT2D eigenvalue weighted by atomic mass is 19.1. The van der Waals surface area contributed by atoms with Crippen LogP contribution < -0.4 is 10.1 Å². The van der Waals surface area contributed by atoms with E-state index in [1.165, 1.54) is 12.1 Å². The number of nitrogens with zero attached hydrogens (tertiary/aromatic N) is 1. The lowest BCUT2D eigenvalue weighted by Gasteiger charge is -2.13. The Morgan fingerprint density at radius 2 is 2.14 bits per heavy atom. The highest BCUT2D eigenvalue weighted by molar-refractivity contribution is 5.77. The average molecular weight is 306 g/mol. The number of nitrogens with one attached hydrogen (secondary N) is 1. The van der Waals surface area contributed by atoms with Gasteiger partial charge in [0.2, 0.25) is 0 Å². The SMILES string of the molecule is Cn1cccc1[C@@H](O)CCNC(=O)COc1ccccc1F. The van der Waals surface area contributed by atoms with Crippen molar-refractivity contribution in [2.45, 2.75) is 12.5 Å². The van der Waals surface area contributed by atoms with Crippen molar-refractivity contribution in [1.29, 1.82) is 0 Å². The fraction of sp³-hybridized carbons (Fsp3) is 0.312. The Bertz CT molecular complexity index is 627. The highest BCUT2D eigenvalue weighted by Gasteiger charge is 2.11. The van der Waals surface area contributed by atoms with Crippen molar-refractivity contribution >= 4 is 5.91 Å². The van der Waals surface area contributed by atoms with Gasteiger partial charge in [-0.1, -0.05) is 12.1 Å². The summed E-state index contributed by atoms with van der Waals surface area (Å²) in [5.74, 6) is -0.821. The lowest BCUT2D eigenvalue weighted by molar-refractivity contribution is -0.123. The second-order valence-corrected chi connectivity index (χ2v) is 4.92. The van der Waals surface area contributed by atoms with Gasteiger partial charge in [0.05, 0.1) is 6.10 Å². The molecule has 2 rings (SSSR count). The molecular weight excluding hydrogens is 287 g/mol. The summed E-state index contributed by atoms with van der Waals surface area (Å²) in [5, 5.41) is 12.6. The first kappa shape index (κ1) is 16.0. The molecule has 118 valence electrons. The zero-order valence-electron chi connectivity index (χ0n) is 12.3. The summed E-state index contributed by atoms with van der Waals surface area (Å²) in [4.78, 5) is 11.6. The molecule has 6 heteroatoms. The molecule has 0 aliphatic rings. The largest absolute Gasteiger partial charge is 0.481 e. The van der Waals surface area contributed by atoms with Crippen molar-refractivity contribution in [2.24, 2.45) is 7.05 Å². The summed E-state index contributed by atoms with van der Waals surface area (Å²) in [6.45, 7) is 0.0486. The number of hydrogen-bond donors (Lipinski definition) is 2. The van der Waals surface area contributed by atoms with Gasteiger partial charge in [-0.15, -0.1) is 0 Å². The van der Waals surface area contributed by atoms with Gasteiger partial charge in [0.15, 0.2) is 18.2 Å². The van der Waals surface area contributed by atoms with E-state index in [4.69, 9.17) is 4.74 Å². The first-order valence-electron chi connectivity index (χ1n) is 7.01. The first-order valence-corrected chi connectivity index (χ1v) is 7.01. The van der Waals surface area contributed by atoms with Gasteiger partial charge in [0.25, 0.3) is 5.91 Å². The van der Waals surface area contributed by atoms with E-state index in [0.29, 0.717) is 13.0 Å². The van der Waals surface area contributed by atoms with Gasteiger partial charge in [-0.05, 0) is 30.7 Å². The van der Waals surface area contributed by atoms with Gasteiger partial charge >= 0.3 is 0 Å². The third kappa shape index (κ3) is 4.33. The molecule has 5 nitrogen and oxygen atoms in total. The third-order valence-corrected chi connectivity index (χ3v) is 3.26. The summed E-state index contributed by atoms with van der Waals surface area (Å²) in [6, 6.07) is 9.58. The van der Waals surface area contributed by atoms with Crippen molar-refractivity contribution in [3.05, 3.63) is 54.1 Å². The summed E-state index contributed by atoms with van der Waals surface area (Å²) in [6.07, 6.45) is 1.59. The molecule has 0 fully saturated rings. The minimum absolute atomic E-state index is 0.0431. The maximum absolute atomic E-state index is 13.3. The number of aliphatic hydroxyl groups excluding tert-OH is 1. The van der Waals surface area contributed by atoms with E-state index in [-0.39, 0.29) is 18.3 Å². The van der Waals surface area contributed by atoms with E-state index in [0.717, 1.165) is 5.69 Å². The Balaban J connectivity index is 1.70. The number of ether oxygens (including phenoxy) is 1. The van der Waals surface area contributed by atoms with Crippen LogP contribution >= 0.6 is 0 Å². The summed E-state index contributed by atoms with van der Waals surface area (Å²) < 4.78 is 20.2. The molecule has 0 saturated heterocycles. The molecule has 0 saturated carbocycles. The molecule has 22 heavy (non-hydrogen) atoms. The molecule has 1 aromatic heterocycles. The lowest BCUT2D eigenvalue weighted by Crippen LogP contribution is -2.30. The number of aryl methyl sites for hydroxylation is 1. The summed E-state index contributed by atoms with van der Waals surface area (Å²) in [7, 11) is 1.85. The summed E-state index contributed by atoms with van der Waals surface area (Å²) in [5.41, 5.74) is 0.789. The smallest absolute Gasteiger partial charge is 0.257 e. The molecule has 0 spiro atoms. The number of carbonyl (C=O) groups excluding carboxylic acids is 1. The number of amides is 1. The maximum Gasteiger partial charge on any atom is 0.257 e. The molecule has 1 aromatic carbocycles. The number of rotatable bonds is 7. The monoisotopic (exact) mass is 306 g/mol. The molecule has 1 heterocycles. The van der Waals surface area contributed by atoms with Crippen molar-refractivity contribution in [3.8, 4) is 5.75 Å². The van der Waals surface area contributed by atoms with Crippen LogP contribution in [0.25, 0.3) is 0 Å². The van der Waals surface area contributed by atoms with Crippen molar-refractivity contribution in [2.75, 3.05) is 13.2 Å². The number of benzene rings is 1. The third-order valence-electron chi connectivity index (χ3n) is 3.26. The second-order valence-electron chi connectivity index (χ2n) is 4.92. The van der Waals surface area contributed by atoms with Crippen molar-refractivity contribution < 1.29 is 19.0 Å². The highest BCUT2D eigenvalue weighted by Crippen LogP contribution is 2.16. The predicted octanol–water partition coefficient (Wildman–Crippen LogP) is 1.78. The number of carbonyl (C=O) groups is 1. The topological polar surface area (TPSA) is 63.5 Å². The normalized spacial score (nSPS) is 12.0. The van der Waals surface area contributed by atoms with E-state index >= 15 is 0 Å². The molecule has 1 amide bonds. The Morgan fingerprint density at radius 1 is 1.36 bits per heavy atom. The van der Waals surface area contributed by atoms with Gasteiger partial charge in [-0.2, -0.15) is 0 Å². The first-order chi connectivity index (χ1) is 10.6. The average Bonchev–Trinajstić information content (AvgIpc) is 2.92. The van der Waals surface area contributed by atoms with Gasteiger partial charge in [0.1, 0.15) is 0 Å². The van der Waals surface area contributed by atoms with Gasteiger partial charge < -0.3 is 19.7 Å². The Kier molecular flexibility index (Phi) is 5.55. The zero-order valence-corrected chi connectivity index (χ0v) is 12.3. The maximum atomic E-state index is 13.3. The van der Waals surface area contributed by atoms with Gasteiger partial charge in [-0.3, -0.25) is 4.79 Å². The van der Waals surface area contributed by atoms with Crippen LogP contribution in [0.5, 0.6) is 5.75 Å². The number of aromatic nitrogens is 1. The minimum Gasteiger partial charge on any atom is -0.481 e. The predicted molar refractivity (Wildman–Crippen MR) is 79.9 cm³/mol. The molecule has 0 bridgehead atoms. The quantitative estimate of drug-likeness (QED) is 0.819. The van der Waals surface area contributed by atoms with E-state index in [1.807, 2.05) is 29.9 Å². The van der Waals surface area contributed by atoms with Crippen LogP contribution in [0.15, 0.2) is 42.6 Å². The molecule has 1 atom stereocenters. The number of para-hydroxylation sites is 1. The standard InChI is InChI=1S/C16H19FN2O3/c1-19-10-4-6-13(19)14(20)8-9-18-16(21)11-22-15-7-3-2-5-12(15)17/h2-7,10,14,20H,8-9,11H2,1H3,(H,18,21)/t14-/m0/s1.